The van der Waals surface area contributed by atoms with Crippen LogP contribution in [0.4, 0.5) is 26.3 Å². The number of nitrogens with zero attached hydrogens (tertiary/aromatic N) is 5. The van der Waals surface area contributed by atoms with Crippen molar-refractivity contribution in [3.05, 3.63) is 83.8 Å². The zero-order chi connectivity index (χ0) is 36.5. The van der Waals surface area contributed by atoms with Gasteiger partial charge in [-0.25, -0.2) is 17.5 Å². The lowest BCUT2D eigenvalue weighted by molar-refractivity contribution is -0.274. The second-order valence-electron chi connectivity index (χ2n) is 11.0. The van der Waals surface area contributed by atoms with Crippen LogP contribution in [0, 0.1) is 5.82 Å². The molecule has 0 aliphatic heterocycles. The Morgan fingerprint density at radius 2 is 1.67 bits per heavy atom. The summed E-state index contributed by atoms with van der Waals surface area (Å²) in [6.45, 7) is 0.0243. The van der Waals surface area contributed by atoms with Gasteiger partial charge in [0.25, 0.3) is 0 Å². The first-order valence-electron chi connectivity index (χ1n) is 14.3. The number of aliphatic hydroxyl groups is 2. The van der Waals surface area contributed by atoms with Crippen LogP contribution in [0.25, 0.3) is 33.8 Å². The van der Waals surface area contributed by atoms with Gasteiger partial charge in [0.1, 0.15) is 23.4 Å². The maximum Gasteiger partial charge on any atom is 0.573 e. The highest BCUT2D eigenvalue weighted by atomic mass is 32.2. The summed E-state index contributed by atoms with van der Waals surface area (Å²) >= 11 is 0. The zero-order valence-corrected chi connectivity index (χ0v) is 27.5. The quantitative estimate of drug-likeness (QED) is 0.154. The van der Waals surface area contributed by atoms with Crippen molar-refractivity contribution in [2.75, 3.05) is 27.4 Å². The highest BCUT2D eigenvalue weighted by molar-refractivity contribution is 7.90. The molecule has 4 aromatic rings. The van der Waals surface area contributed by atoms with E-state index in [2.05, 4.69) is 20.0 Å². The van der Waals surface area contributed by atoms with Gasteiger partial charge in [-0.15, -0.1) is 18.3 Å². The molecule has 0 aliphatic rings. The SMILES string of the molecule is CN=C(/C=C(/c1ccc(-c2cc(F)c(CO)c(S(C)(=O)=O)c2)cc1-n1nncc1-c1ccc(OC(F)(F)F)cc1)N(C)C)C(F)(F)C(C)O. The van der Waals surface area contributed by atoms with Gasteiger partial charge in [0.05, 0.1) is 29.1 Å². The van der Waals surface area contributed by atoms with Crippen molar-refractivity contribution in [3.63, 3.8) is 0 Å². The number of hydrogen-bond acceptors (Lipinski definition) is 9. The van der Waals surface area contributed by atoms with E-state index in [1.54, 1.807) is 14.1 Å². The van der Waals surface area contributed by atoms with Crippen LogP contribution in [0.5, 0.6) is 5.75 Å². The topological polar surface area (TPSA) is 130 Å². The molecule has 1 heterocycles. The maximum absolute atomic E-state index is 15.1. The Bertz CT molecular complexity index is 2010. The Morgan fingerprint density at radius 3 is 2.20 bits per heavy atom. The average Bonchev–Trinajstić information content (AvgIpc) is 3.49. The van der Waals surface area contributed by atoms with E-state index < -0.39 is 62.6 Å². The molecule has 2 N–H and O–H groups in total. The van der Waals surface area contributed by atoms with Crippen LogP contribution in [0.3, 0.4) is 0 Å². The van der Waals surface area contributed by atoms with Crippen LogP contribution < -0.4 is 4.74 Å². The first-order chi connectivity index (χ1) is 22.8. The molecule has 0 spiro atoms. The van der Waals surface area contributed by atoms with Gasteiger partial charge in [0, 0.05) is 49.8 Å². The van der Waals surface area contributed by atoms with E-state index in [9.17, 15) is 31.8 Å². The molecule has 0 aliphatic carbocycles. The summed E-state index contributed by atoms with van der Waals surface area (Å²) in [6.07, 6.45) is -3.81. The molecule has 0 radical (unpaired) electrons. The number of allylic oxidation sites excluding steroid dienone is 1. The molecule has 0 fully saturated rings. The van der Waals surface area contributed by atoms with Crippen molar-refractivity contribution in [2.24, 2.45) is 4.99 Å². The fraction of sp³-hybridized carbons (Fsp3) is 0.281. The van der Waals surface area contributed by atoms with Crippen molar-refractivity contribution in [2.45, 2.75) is 36.8 Å². The fourth-order valence-electron chi connectivity index (χ4n) is 4.90. The highest BCUT2D eigenvalue weighted by Gasteiger charge is 2.40. The second-order valence-corrected chi connectivity index (χ2v) is 13.0. The summed E-state index contributed by atoms with van der Waals surface area (Å²) in [6, 6.07) is 11.4. The number of alkyl halides is 5. The van der Waals surface area contributed by atoms with Crippen molar-refractivity contribution in [1.82, 2.24) is 19.9 Å². The van der Waals surface area contributed by atoms with Gasteiger partial charge in [0.15, 0.2) is 9.84 Å². The normalized spacial score (nSPS) is 13.8. The molecule has 3 aromatic carbocycles. The van der Waals surface area contributed by atoms with E-state index in [0.29, 0.717) is 5.56 Å². The van der Waals surface area contributed by atoms with Crippen molar-refractivity contribution >= 4 is 21.2 Å². The standard InChI is InChI=1S/C32H31F6N5O5S/c1-18(45)31(34,35)30(39-2)15-26(42(3)4)23-11-8-20(21-12-25(33)24(17-44)29(14-21)49(5,46)47)13-27(23)43-28(16-40-41-43)19-6-9-22(10-7-19)48-32(36,37)38/h6-16,18,44-45H,17H2,1-5H3/b26-15-,39-30?. The number of benzene rings is 3. The number of hydrogen-bond donors (Lipinski definition) is 2. The summed E-state index contributed by atoms with van der Waals surface area (Å²) in [5.41, 5.74) is 0.177. The first-order valence-corrected chi connectivity index (χ1v) is 16.1. The minimum Gasteiger partial charge on any atom is -0.406 e. The van der Waals surface area contributed by atoms with Crippen molar-refractivity contribution in [3.8, 4) is 33.8 Å². The van der Waals surface area contributed by atoms with Gasteiger partial charge in [-0.2, -0.15) is 8.78 Å². The molecule has 0 bridgehead atoms. The molecule has 4 rings (SSSR count). The minimum absolute atomic E-state index is 0.0741. The smallest absolute Gasteiger partial charge is 0.406 e. The highest BCUT2D eigenvalue weighted by Crippen LogP contribution is 2.36. The monoisotopic (exact) mass is 711 g/mol. The Balaban J connectivity index is 2.02. The molecule has 10 nitrogen and oxygen atoms in total. The van der Waals surface area contributed by atoms with Gasteiger partial charge in [-0.1, -0.05) is 17.3 Å². The van der Waals surface area contributed by atoms with Crippen LogP contribution in [0.2, 0.25) is 0 Å². The van der Waals surface area contributed by atoms with Gasteiger partial charge < -0.3 is 19.8 Å². The lowest BCUT2D eigenvalue weighted by Crippen LogP contribution is -2.39. The number of aliphatic hydroxyl groups excluding tert-OH is 2. The third-order valence-corrected chi connectivity index (χ3v) is 8.51. The Labute approximate surface area is 277 Å². The fourth-order valence-corrected chi connectivity index (χ4v) is 5.85. The number of aliphatic imine (C=N–C) groups is 1. The molecule has 1 aromatic heterocycles. The molecule has 0 saturated carbocycles. The number of aromatic nitrogens is 3. The third-order valence-electron chi connectivity index (χ3n) is 7.34. The molecular weight excluding hydrogens is 680 g/mol. The van der Waals surface area contributed by atoms with Crippen LogP contribution in [0.1, 0.15) is 18.1 Å². The summed E-state index contributed by atoms with van der Waals surface area (Å²) in [5, 5.41) is 27.6. The Hall–Kier alpha value is -4.74. The molecule has 17 heteroatoms. The predicted molar refractivity (Wildman–Crippen MR) is 170 cm³/mol. The van der Waals surface area contributed by atoms with Gasteiger partial charge in [0.2, 0.25) is 0 Å². The maximum atomic E-state index is 15.1. The van der Waals surface area contributed by atoms with E-state index in [4.69, 9.17) is 0 Å². The number of rotatable bonds is 11. The average molecular weight is 712 g/mol. The van der Waals surface area contributed by atoms with Crippen molar-refractivity contribution in [1.29, 1.82) is 0 Å². The lowest BCUT2D eigenvalue weighted by atomic mass is 9.97. The number of halogens is 6. The summed E-state index contributed by atoms with van der Waals surface area (Å²) in [7, 11) is 0.233. The first kappa shape index (κ1) is 37.1. The van der Waals surface area contributed by atoms with Crippen molar-refractivity contribution < 1.29 is 49.7 Å². The molecule has 262 valence electrons. The predicted octanol–water partition coefficient (Wildman–Crippen LogP) is 5.52. The Kier molecular flexibility index (Phi) is 10.6. The number of ether oxygens (including phenoxy) is 1. The molecule has 1 unspecified atom stereocenters. The Morgan fingerprint density at radius 1 is 1.04 bits per heavy atom. The summed E-state index contributed by atoms with van der Waals surface area (Å²) < 4.78 is 114. The minimum atomic E-state index is -4.92. The molecule has 49 heavy (non-hydrogen) atoms. The van der Waals surface area contributed by atoms with E-state index in [1.165, 1.54) is 52.2 Å². The number of sulfone groups is 1. The molecular formula is C32H31F6N5O5S. The van der Waals surface area contributed by atoms with Crippen LogP contribution >= 0.6 is 0 Å². The van der Waals surface area contributed by atoms with Gasteiger partial charge >= 0.3 is 12.3 Å². The third kappa shape index (κ3) is 8.12. The van der Waals surface area contributed by atoms with E-state index >= 15 is 13.2 Å². The summed E-state index contributed by atoms with van der Waals surface area (Å²) in [5.74, 6) is -5.24. The second kappa shape index (κ2) is 14.0. The van der Waals surface area contributed by atoms with Crippen LogP contribution in [0.15, 0.2) is 76.8 Å². The molecule has 1 atom stereocenters. The molecule has 0 saturated heterocycles. The van der Waals surface area contributed by atoms with Crippen LogP contribution in [-0.4, -0.2) is 90.0 Å². The van der Waals surface area contributed by atoms with Crippen LogP contribution in [-0.2, 0) is 16.4 Å². The lowest BCUT2D eigenvalue weighted by Gasteiger charge is -2.25. The van der Waals surface area contributed by atoms with E-state index in [-0.39, 0.29) is 33.8 Å². The summed E-state index contributed by atoms with van der Waals surface area (Å²) in [4.78, 5) is 4.74. The van der Waals surface area contributed by atoms with E-state index in [1.807, 2.05) is 0 Å². The van der Waals surface area contributed by atoms with Gasteiger partial charge in [-0.05, 0) is 66.6 Å². The van der Waals surface area contributed by atoms with E-state index in [0.717, 1.165) is 44.5 Å². The largest absolute Gasteiger partial charge is 0.573 e. The zero-order valence-electron chi connectivity index (χ0n) is 26.7. The molecule has 0 amide bonds. The van der Waals surface area contributed by atoms with Gasteiger partial charge in [-0.3, -0.25) is 4.99 Å².